The van der Waals surface area contributed by atoms with E-state index in [0.29, 0.717) is 6.42 Å². The number of hydrogen-bond acceptors (Lipinski definition) is 4. The van der Waals surface area contributed by atoms with Crippen LogP contribution >= 0.6 is 0 Å². The first-order valence-electron chi connectivity index (χ1n) is 8.49. The number of nitrogens with one attached hydrogen (secondary N) is 2. The van der Waals surface area contributed by atoms with Crippen molar-refractivity contribution in [1.29, 1.82) is 0 Å². The summed E-state index contributed by atoms with van der Waals surface area (Å²) in [4.78, 5) is 17.0. The minimum absolute atomic E-state index is 0.00549. The van der Waals surface area contributed by atoms with Gasteiger partial charge < -0.3 is 0 Å². The molecule has 1 aromatic carbocycles. The monoisotopic (exact) mass is 323 g/mol. The molecule has 6 heteroatoms. The maximum Gasteiger partial charge on any atom is 0.266 e. The highest BCUT2D eigenvalue weighted by Gasteiger charge is 2.41. The van der Waals surface area contributed by atoms with E-state index in [1.165, 1.54) is 6.42 Å². The van der Waals surface area contributed by atoms with Crippen molar-refractivity contribution in [1.82, 2.24) is 20.6 Å². The Labute approximate surface area is 140 Å². The molecule has 0 atom stereocenters. The topological polar surface area (TPSA) is 71.3 Å². The number of aromatic nitrogens is 2. The molecule has 6 nitrogen and oxygen atoms in total. The van der Waals surface area contributed by atoms with Gasteiger partial charge in [0.05, 0.1) is 11.9 Å². The van der Waals surface area contributed by atoms with Crippen LogP contribution in [0.5, 0.6) is 0 Å². The van der Waals surface area contributed by atoms with Gasteiger partial charge >= 0.3 is 0 Å². The van der Waals surface area contributed by atoms with Crippen molar-refractivity contribution in [2.24, 2.45) is 4.99 Å². The van der Waals surface area contributed by atoms with Gasteiger partial charge in [-0.25, -0.2) is 4.68 Å². The molecule has 4 rings (SSSR count). The van der Waals surface area contributed by atoms with Crippen molar-refractivity contribution in [3.8, 4) is 5.69 Å². The molecule has 2 aromatic rings. The number of carbonyl (C=O) groups excluding carboxylic acids is 1. The zero-order chi connectivity index (χ0) is 16.4. The van der Waals surface area contributed by atoms with E-state index >= 15 is 0 Å². The molecule has 1 aliphatic carbocycles. The Morgan fingerprint density at radius 1 is 1.08 bits per heavy atom. The molecule has 1 fully saturated rings. The number of nitrogens with zero attached hydrogens (tertiary/aromatic N) is 3. The number of benzene rings is 1. The van der Waals surface area contributed by atoms with Gasteiger partial charge in [0.25, 0.3) is 5.91 Å². The van der Waals surface area contributed by atoms with Crippen LogP contribution in [0.25, 0.3) is 5.69 Å². The second kappa shape index (κ2) is 6.11. The molecule has 1 aromatic heterocycles. The van der Waals surface area contributed by atoms with Gasteiger partial charge in [-0.05, 0) is 30.5 Å². The van der Waals surface area contributed by atoms with Crippen LogP contribution < -0.4 is 10.9 Å². The number of aliphatic imine (C=N–C) groups is 1. The predicted octanol–water partition coefficient (Wildman–Crippen LogP) is 2.15. The van der Waals surface area contributed by atoms with E-state index in [1.807, 2.05) is 47.4 Å². The second-order valence-electron chi connectivity index (χ2n) is 6.54. The number of rotatable bonds is 3. The van der Waals surface area contributed by atoms with E-state index in [2.05, 4.69) is 16.0 Å². The lowest BCUT2D eigenvalue weighted by molar-refractivity contribution is -0.128. The smallest absolute Gasteiger partial charge is 0.266 e. The summed E-state index contributed by atoms with van der Waals surface area (Å²) in [7, 11) is 0. The number of amides is 1. The summed E-state index contributed by atoms with van der Waals surface area (Å²) in [6, 6.07) is 10.0. The van der Waals surface area contributed by atoms with Gasteiger partial charge in [-0.1, -0.05) is 37.5 Å². The van der Waals surface area contributed by atoms with E-state index in [4.69, 9.17) is 4.99 Å². The molecule has 124 valence electrons. The predicted molar refractivity (Wildman–Crippen MR) is 91.8 cm³/mol. The van der Waals surface area contributed by atoms with Crippen LogP contribution in [0.15, 0.2) is 47.7 Å². The fraction of sp³-hybridized carbons (Fsp3) is 0.389. The lowest BCUT2D eigenvalue weighted by Gasteiger charge is -2.36. The summed E-state index contributed by atoms with van der Waals surface area (Å²) < 4.78 is 1.85. The lowest BCUT2D eigenvalue weighted by atomic mass is 9.81. The van der Waals surface area contributed by atoms with E-state index in [0.717, 1.165) is 42.8 Å². The van der Waals surface area contributed by atoms with Gasteiger partial charge in [-0.3, -0.25) is 20.6 Å². The molecular formula is C18H21N5O. The van der Waals surface area contributed by atoms with E-state index in [-0.39, 0.29) is 5.91 Å². The summed E-state index contributed by atoms with van der Waals surface area (Å²) in [6.45, 7) is 0. The Bertz CT molecular complexity index is 759. The number of hydrazine groups is 1. The highest BCUT2D eigenvalue weighted by atomic mass is 16.2. The first-order valence-corrected chi connectivity index (χ1v) is 8.49. The third-order valence-electron chi connectivity index (χ3n) is 4.80. The van der Waals surface area contributed by atoms with Crippen LogP contribution in [0.4, 0.5) is 0 Å². The van der Waals surface area contributed by atoms with Gasteiger partial charge in [0.2, 0.25) is 0 Å². The van der Waals surface area contributed by atoms with Crippen molar-refractivity contribution in [2.75, 3.05) is 0 Å². The number of hydrogen-bond donors (Lipinski definition) is 2. The zero-order valence-electron chi connectivity index (χ0n) is 13.5. The highest BCUT2D eigenvalue weighted by Crippen LogP contribution is 2.33. The van der Waals surface area contributed by atoms with Gasteiger partial charge in [0.15, 0.2) is 0 Å². The SMILES string of the molecule is O=C1NNC(Cc2cnn(-c3ccccc3)c2)=NC12CCCCC2. The van der Waals surface area contributed by atoms with Crippen LogP contribution in [-0.2, 0) is 11.2 Å². The molecule has 0 unspecified atom stereocenters. The minimum Gasteiger partial charge on any atom is -0.285 e. The number of para-hydroxylation sites is 1. The molecule has 24 heavy (non-hydrogen) atoms. The molecule has 0 saturated heterocycles. The molecule has 1 aliphatic heterocycles. The lowest BCUT2D eigenvalue weighted by Crippen LogP contribution is -2.58. The summed E-state index contributed by atoms with van der Waals surface area (Å²) in [6.07, 6.45) is 9.49. The Kier molecular flexibility index (Phi) is 3.80. The Morgan fingerprint density at radius 2 is 1.88 bits per heavy atom. The Morgan fingerprint density at radius 3 is 2.67 bits per heavy atom. The molecule has 1 saturated carbocycles. The van der Waals surface area contributed by atoms with Crippen molar-refractivity contribution < 1.29 is 4.79 Å². The molecule has 0 radical (unpaired) electrons. The highest BCUT2D eigenvalue weighted by molar-refractivity contribution is 5.97. The standard InChI is InChI=1S/C18H21N5O/c24-17-18(9-5-2-6-10-18)20-16(21-22-17)11-14-12-19-23(13-14)15-7-3-1-4-8-15/h1,3-4,7-8,12-13H,2,5-6,9-11H2,(H,20,21)(H,22,24). The van der Waals surface area contributed by atoms with Crippen molar-refractivity contribution in [3.05, 3.63) is 48.3 Å². The molecule has 2 aliphatic rings. The van der Waals surface area contributed by atoms with E-state index in [1.54, 1.807) is 0 Å². The fourth-order valence-corrected chi connectivity index (χ4v) is 3.51. The molecule has 2 heterocycles. The summed E-state index contributed by atoms with van der Waals surface area (Å²) in [5.41, 5.74) is 7.28. The van der Waals surface area contributed by atoms with Crippen LogP contribution in [0.3, 0.4) is 0 Å². The molecule has 1 spiro atoms. The van der Waals surface area contributed by atoms with Crippen molar-refractivity contribution >= 4 is 11.7 Å². The third kappa shape index (κ3) is 2.79. The van der Waals surface area contributed by atoms with Gasteiger partial charge in [-0.15, -0.1) is 0 Å². The first-order chi connectivity index (χ1) is 11.8. The van der Waals surface area contributed by atoms with Crippen molar-refractivity contribution in [3.63, 3.8) is 0 Å². The van der Waals surface area contributed by atoms with E-state index in [9.17, 15) is 4.79 Å². The summed E-state index contributed by atoms with van der Waals surface area (Å²) >= 11 is 0. The molecule has 2 N–H and O–H groups in total. The van der Waals surface area contributed by atoms with Crippen molar-refractivity contribution in [2.45, 2.75) is 44.1 Å². The van der Waals surface area contributed by atoms with Crippen LogP contribution in [0.2, 0.25) is 0 Å². The number of carbonyl (C=O) groups is 1. The minimum atomic E-state index is -0.561. The fourth-order valence-electron chi connectivity index (χ4n) is 3.51. The molecule has 1 amide bonds. The van der Waals surface area contributed by atoms with E-state index < -0.39 is 5.54 Å². The van der Waals surface area contributed by atoms with Gasteiger partial charge in [0.1, 0.15) is 11.4 Å². The van der Waals surface area contributed by atoms with Gasteiger partial charge in [0, 0.05) is 12.6 Å². The molecule has 0 bridgehead atoms. The average Bonchev–Trinajstić information content (AvgIpc) is 3.08. The summed E-state index contributed by atoms with van der Waals surface area (Å²) in [5.74, 6) is 0.815. The van der Waals surface area contributed by atoms with Gasteiger partial charge in [-0.2, -0.15) is 5.10 Å². The quantitative estimate of drug-likeness (QED) is 0.909. The second-order valence-corrected chi connectivity index (χ2v) is 6.54. The maximum atomic E-state index is 12.3. The third-order valence-corrected chi connectivity index (χ3v) is 4.80. The number of amidine groups is 1. The normalized spacial score (nSPS) is 19.5. The Balaban J connectivity index is 1.54. The Hall–Kier alpha value is -2.63. The largest absolute Gasteiger partial charge is 0.285 e. The molecular weight excluding hydrogens is 302 g/mol. The van der Waals surface area contributed by atoms with Crippen LogP contribution in [-0.4, -0.2) is 27.1 Å². The summed E-state index contributed by atoms with van der Waals surface area (Å²) in [5, 5.41) is 4.42. The van der Waals surface area contributed by atoms with Crippen LogP contribution in [0.1, 0.15) is 37.7 Å². The average molecular weight is 323 g/mol. The zero-order valence-corrected chi connectivity index (χ0v) is 13.5. The van der Waals surface area contributed by atoms with Crippen LogP contribution in [0, 0.1) is 0 Å². The first kappa shape index (κ1) is 14.9. The maximum absolute atomic E-state index is 12.3.